The van der Waals surface area contributed by atoms with Gasteiger partial charge in [0.15, 0.2) is 0 Å². The van der Waals surface area contributed by atoms with Crippen molar-refractivity contribution in [2.75, 3.05) is 5.32 Å². The number of nitrogens with zero attached hydrogens (tertiary/aromatic N) is 2. The Morgan fingerprint density at radius 3 is 2.74 bits per heavy atom. The third-order valence-electron chi connectivity index (χ3n) is 3.24. The van der Waals surface area contributed by atoms with Crippen LogP contribution in [-0.4, -0.2) is 26.4 Å². The number of imidazole rings is 1. The summed E-state index contributed by atoms with van der Waals surface area (Å²) in [5, 5.41) is 11.6. The smallest absolute Gasteiger partial charge is 0.337 e. The van der Waals surface area contributed by atoms with Crippen LogP contribution in [0.5, 0.6) is 0 Å². The van der Waals surface area contributed by atoms with Crippen LogP contribution in [0.25, 0.3) is 5.65 Å². The van der Waals surface area contributed by atoms with E-state index in [9.17, 15) is 14.0 Å². The summed E-state index contributed by atoms with van der Waals surface area (Å²) >= 11 is 0. The van der Waals surface area contributed by atoms with Crippen molar-refractivity contribution in [1.82, 2.24) is 9.38 Å². The van der Waals surface area contributed by atoms with Gasteiger partial charge in [-0.2, -0.15) is 0 Å². The van der Waals surface area contributed by atoms with Crippen LogP contribution in [-0.2, 0) is 11.2 Å². The fraction of sp³-hybridized carbons (Fsp3) is 0.0625. The van der Waals surface area contributed by atoms with Crippen molar-refractivity contribution in [2.45, 2.75) is 6.42 Å². The number of para-hydroxylation sites is 1. The standard InChI is InChI=1S/C16H12FN3O3/c17-10-5-6-14-18-11(9-20(14)8-10)7-15(21)19-13-4-2-1-3-12(13)16(22)23/h1-6,8-9H,7H2,(H,19,21)(H,22,23). The summed E-state index contributed by atoms with van der Waals surface area (Å²) < 4.78 is 14.6. The fourth-order valence-electron chi connectivity index (χ4n) is 2.24. The minimum atomic E-state index is -1.12. The number of carboxylic acid groups (broad SMARTS) is 1. The normalized spacial score (nSPS) is 10.7. The number of pyridine rings is 1. The maximum atomic E-state index is 13.1. The molecule has 3 rings (SSSR count). The molecule has 0 aliphatic rings. The van der Waals surface area contributed by atoms with Crippen LogP contribution in [0.15, 0.2) is 48.8 Å². The third-order valence-corrected chi connectivity index (χ3v) is 3.24. The second-order valence-corrected chi connectivity index (χ2v) is 4.92. The first-order valence-corrected chi connectivity index (χ1v) is 6.78. The van der Waals surface area contributed by atoms with E-state index in [0.717, 1.165) is 0 Å². The second kappa shape index (κ2) is 5.88. The van der Waals surface area contributed by atoms with Gasteiger partial charge in [0.1, 0.15) is 11.5 Å². The molecule has 0 aliphatic carbocycles. The highest BCUT2D eigenvalue weighted by molar-refractivity contribution is 6.00. The van der Waals surface area contributed by atoms with Crippen molar-refractivity contribution >= 4 is 23.2 Å². The Bertz CT molecular complexity index is 904. The zero-order chi connectivity index (χ0) is 16.4. The van der Waals surface area contributed by atoms with Gasteiger partial charge >= 0.3 is 5.97 Å². The van der Waals surface area contributed by atoms with Crippen molar-refractivity contribution in [2.24, 2.45) is 0 Å². The largest absolute Gasteiger partial charge is 0.478 e. The molecule has 0 saturated heterocycles. The Kier molecular flexibility index (Phi) is 3.76. The molecule has 0 radical (unpaired) electrons. The van der Waals surface area contributed by atoms with Crippen molar-refractivity contribution in [3.63, 3.8) is 0 Å². The number of aromatic carboxylic acids is 1. The molecule has 0 aliphatic heterocycles. The van der Waals surface area contributed by atoms with E-state index in [1.54, 1.807) is 18.3 Å². The summed E-state index contributed by atoms with van der Waals surface area (Å²) in [5.41, 5.74) is 1.22. The summed E-state index contributed by atoms with van der Waals surface area (Å²) in [7, 11) is 0. The lowest BCUT2D eigenvalue weighted by molar-refractivity contribution is -0.115. The molecule has 0 saturated carbocycles. The average Bonchev–Trinajstić information content (AvgIpc) is 2.88. The van der Waals surface area contributed by atoms with E-state index in [1.165, 1.54) is 34.9 Å². The van der Waals surface area contributed by atoms with Crippen LogP contribution in [0.1, 0.15) is 16.1 Å². The minimum Gasteiger partial charge on any atom is -0.478 e. The van der Waals surface area contributed by atoms with Gasteiger partial charge < -0.3 is 14.8 Å². The van der Waals surface area contributed by atoms with E-state index in [2.05, 4.69) is 10.3 Å². The number of rotatable bonds is 4. The first-order chi connectivity index (χ1) is 11.0. The summed E-state index contributed by atoms with van der Waals surface area (Å²) in [4.78, 5) is 27.4. The predicted octanol–water partition coefficient (Wildman–Crippen LogP) is 2.35. The fourth-order valence-corrected chi connectivity index (χ4v) is 2.24. The second-order valence-electron chi connectivity index (χ2n) is 4.92. The first-order valence-electron chi connectivity index (χ1n) is 6.78. The average molecular weight is 313 g/mol. The summed E-state index contributed by atoms with van der Waals surface area (Å²) in [6.45, 7) is 0. The van der Waals surface area contributed by atoms with Crippen LogP contribution in [0.2, 0.25) is 0 Å². The number of benzene rings is 1. The topological polar surface area (TPSA) is 83.7 Å². The molecule has 6 nitrogen and oxygen atoms in total. The Balaban J connectivity index is 1.77. The number of carbonyl (C=O) groups is 2. The van der Waals surface area contributed by atoms with E-state index >= 15 is 0 Å². The molecule has 0 fully saturated rings. The lowest BCUT2D eigenvalue weighted by atomic mass is 10.1. The van der Waals surface area contributed by atoms with Crippen molar-refractivity contribution in [3.05, 3.63) is 65.9 Å². The van der Waals surface area contributed by atoms with Gasteiger partial charge in [0.2, 0.25) is 5.91 Å². The van der Waals surface area contributed by atoms with Gasteiger partial charge in [0.25, 0.3) is 0 Å². The molecule has 3 aromatic rings. The highest BCUT2D eigenvalue weighted by Crippen LogP contribution is 2.15. The number of carboxylic acids is 1. The van der Waals surface area contributed by atoms with Gasteiger partial charge in [0, 0.05) is 12.4 Å². The molecule has 0 unspecified atom stereocenters. The molecular weight excluding hydrogens is 301 g/mol. The van der Waals surface area contributed by atoms with Crippen molar-refractivity contribution < 1.29 is 19.1 Å². The molecule has 0 atom stereocenters. The first kappa shape index (κ1) is 14.7. The Hall–Kier alpha value is -3.22. The highest BCUT2D eigenvalue weighted by Gasteiger charge is 2.13. The van der Waals surface area contributed by atoms with Crippen LogP contribution in [0.4, 0.5) is 10.1 Å². The number of hydrogen-bond acceptors (Lipinski definition) is 3. The number of amides is 1. The number of carbonyl (C=O) groups excluding carboxylic acids is 1. The third kappa shape index (κ3) is 3.18. The number of hydrogen-bond donors (Lipinski definition) is 2. The number of anilines is 1. The van der Waals surface area contributed by atoms with E-state index in [0.29, 0.717) is 11.3 Å². The summed E-state index contributed by atoms with van der Waals surface area (Å²) in [5.74, 6) is -1.92. The van der Waals surface area contributed by atoms with Gasteiger partial charge in [-0.05, 0) is 24.3 Å². The molecule has 116 valence electrons. The maximum absolute atomic E-state index is 13.1. The molecule has 0 bridgehead atoms. The molecule has 2 aromatic heterocycles. The zero-order valence-corrected chi connectivity index (χ0v) is 11.9. The van der Waals surface area contributed by atoms with Gasteiger partial charge in [-0.15, -0.1) is 0 Å². The molecule has 2 N–H and O–H groups in total. The van der Waals surface area contributed by atoms with E-state index < -0.39 is 17.7 Å². The van der Waals surface area contributed by atoms with Gasteiger partial charge in [0.05, 0.1) is 23.4 Å². The van der Waals surface area contributed by atoms with E-state index in [-0.39, 0.29) is 17.7 Å². The lowest BCUT2D eigenvalue weighted by Crippen LogP contribution is -2.16. The molecule has 2 heterocycles. The van der Waals surface area contributed by atoms with E-state index in [1.807, 2.05) is 0 Å². The molecule has 0 spiro atoms. The minimum absolute atomic E-state index is 0.0120. The molecular formula is C16H12FN3O3. The number of halogens is 1. The molecule has 7 heteroatoms. The maximum Gasteiger partial charge on any atom is 0.337 e. The SMILES string of the molecule is O=C(Cc1cn2cc(F)ccc2n1)Nc1ccccc1C(=O)O. The van der Waals surface area contributed by atoms with E-state index in [4.69, 9.17) is 5.11 Å². The van der Waals surface area contributed by atoms with Crippen LogP contribution >= 0.6 is 0 Å². The summed E-state index contributed by atoms with van der Waals surface area (Å²) in [6.07, 6.45) is 2.78. The van der Waals surface area contributed by atoms with Crippen molar-refractivity contribution in [1.29, 1.82) is 0 Å². The number of fused-ring (bicyclic) bond motifs is 1. The monoisotopic (exact) mass is 313 g/mol. The number of aromatic nitrogens is 2. The van der Waals surface area contributed by atoms with Gasteiger partial charge in [-0.1, -0.05) is 12.1 Å². The Morgan fingerprint density at radius 1 is 1.17 bits per heavy atom. The summed E-state index contributed by atoms with van der Waals surface area (Å²) in [6, 6.07) is 8.93. The Labute approximate surface area is 130 Å². The highest BCUT2D eigenvalue weighted by atomic mass is 19.1. The van der Waals surface area contributed by atoms with Crippen LogP contribution in [0.3, 0.4) is 0 Å². The van der Waals surface area contributed by atoms with Crippen molar-refractivity contribution in [3.8, 4) is 0 Å². The predicted molar refractivity (Wildman–Crippen MR) is 80.9 cm³/mol. The molecule has 1 aromatic carbocycles. The van der Waals surface area contributed by atoms with Gasteiger partial charge in [-0.25, -0.2) is 14.2 Å². The lowest BCUT2D eigenvalue weighted by Gasteiger charge is -2.07. The Morgan fingerprint density at radius 2 is 1.96 bits per heavy atom. The van der Waals surface area contributed by atoms with Crippen LogP contribution < -0.4 is 5.32 Å². The molecule has 1 amide bonds. The van der Waals surface area contributed by atoms with Crippen LogP contribution in [0, 0.1) is 5.82 Å². The number of nitrogens with one attached hydrogen (secondary N) is 1. The quantitative estimate of drug-likeness (QED) is 0.774. The van der Waals surface area contributed by atoms with Gasteiger partial charge in [-0.3, -0.25) is 4.79 Å². The molecule has 23 heavy (non-hydrogen) atoms. The zero-order valence-electron chi connectivity index (χ0n) is 11.9.